The van der Waals surface area contributed by atoms with Gasteiger partial charge in [-0.05, 0) is 12.8 Å². The van der Waals surface area contributed by atoms with Crippen molar-refractivity contribution in [3.8, 4) is 5.75 Å². The molecule has 11 heteroatoms. The topological polar surface area (TPSA) is 125 Å². The third kappa shape index (κ3) is 2.37. The lowest BCUT2D eigenvalue weighted by Gasteiger charge is -2.17. The third-order valence-corrected chi connectivity index (χ3v) is 5.11. The van der Waals surface area contributed by atoms with Crippen LogP contribution in [0.4, 0.5) is 15.9 Å². The number of fused-ring (bicyclic) bond motifs is 1. The van der Waals surface area contributed by atoms with Gasteiger partial charge in [-0.3, -0.25) is 9.78 Å². The summed E-state index contributed by atoms with van der Waals surface area (Å²) in [5.41, 5.74) is -0.743. The number of halogens is 1. The zero-order valence-electron chi connectivity index (χ0n) is 12.2. The molecule has 24 heavy (non-hydrogen) atoms. The molecule has 2 heterocycles. The first-order valence-corrected chi connectivity index (χ1v) is 8.57. The highest BCUT2D eigenvalue weighted by Gasteiger charge is 2.38. The smallest absolute Gasteiger partial charge is 0.326 e. The number of benzene rings is 1. The molecule has 1 aliphatic carbocycles. The van der Waals surface area contributed by atoms with Gasteiger partial charge in [0.1, 0.15) is 29.3 Å². The minimum Gasteiger partial charge on any atom is -0.506 e. The van der Waals surface area contributed by atoms with Gasteiger partial charge in [-0.2, -0.15) is 8.42 Å². The van der Waals surface area contributed by atoms with Crippen LogP contribution in [0.2, 0.25) is 0 Å². The van der Waals surface area contributed by atoms with Crippen LogP contribution in [0, 0.1) is 5.82 Å². The Morgan fingerprint density at radius 3 is 2.79 bits per heavy atom. The summed E-state index contributed by atoms with van der Waals surface area (Å²) < 4.78 is 40.9. The number of amides is 1. The van der Waals surface area contributed by atoms with E-state index >= 15 is 0 Å². The van der Waals surface area contributed by atoms with E-state index < -0.39 is 39.9 Å². The molecule has 0 bridgehead atoms. The van der Waals surface area contributed by atoms with Crippen molar-refractivity contribution in [1.29, 1.82) is 0 Å². The summed E-state index contributed by atoms with van der Waals surface area (Å²) in [4.78, 5) is 19.5. The van der Waals surface area contributed by atoms with Gasteiger partial charge in [0.2, 0.25) is 0 Å². The van der Waals surface area contributed by atoms with Gasteiger partial charge in [0.05, 0.1) is 11.7 Å². The molecule has 0 unspecified atom stereocenters. The normalized spacial score (nSPS) is 19.5. The standard InChI is InChI=1S/C13H12FN5O4S/c14-11-12-7(15-4-9(17-12)16-6-1-2-6)3-8(20)13(11)19-5-10(21)18-24(19,22)23/h3-4,6,20H,1-2,5H2,(H,16,17)(H,18,21). The lowest BCUT2D eigenvalue weighted by atomic mass is 10.2. The maximum absolute atomic E-state index is 14.8. The number of rotatable bonds is 3. The number of anilines is 2. The molecule has 1 aromatic heterocycles. The zero-order valence-corrected chi connectivity index (χ0v) is 13.0. The van der Waals surface area contributed by atoms with Gasteiger partial charge in [0.15, 0.2) is 5.82 Å². The molecular weight excluding hydrogens is 341 g/mol. The molecule has 1 aromatic carbocycles. The summed E-state index contributed by atoms with van der Waals surface area (Å²) >= 11 is 0. The van der Waals surface area contributed by atoms with Crippen molar-refractivity contribution in [2.75, 3.05) is 16.2 Å². The highest BCUT2D eigenvalue weighted by molar-refractivity contribution is 7.92. The predicted octanol–water partition coefficient (Wildman–Crippen LogP) is 0.230. The van der Waals surface area contributed by atoms with Gasteiger partial charge in [-0.1, -0.05) is 0 Å². The average Bonchev–Trinajstić information content (AvgIpc) is 3.25. The molecule has 1 aliphatic heterocycles. The van der Waals surface area contributed by atoms with Gasteiger partial charge in [0.25, 0.3) is 5.91 Å². The Bertz CT molecular complexity index is 976. The number of carbonyl (C=O) groups is 1. The summed E-state index contributed by atoms with van der Waals surface area (Å²) in [6.07, 6.45) is 3.39. The van der Waals surface area contributed by atoms with Crippen LogP contribution in [-0.2, 0) is 15.0 Å². The van der Waals surface area contributed by atoms with E-state index in [2.05, 4.69) is 15.3 Å². The Labute approximate surface area is 135 Å². The number of phenols is 1. The molecule has 9 nitrogen and oxygen atoms in total. The highest BCUT2D eigenvalue weighted by atomic mass is 32.2. The fourth-order valence-corrected chi connectivity index (χ4v) is 3.64. The molecule has 2 fully saturated rings. The number of nitrogens with one attached hydrogen (secondary N) is 2. The lowest BCUT2D eigenvalue weighted by molar-refractivity contribution is -0.117. The van der Waals surface area contributed by atoms with Crippen LogP contribution in [0.25, 0.3) is 11.0 Å². The highest BCUT2D eigenvalue weighted by Crippen LogP contribution is 2.37. The van der Waals surface area contributed by atoms with Crippen LogP contribution in [0.3, 0.4) is 0 Å². The molecule has 0 atom stereocenters. The second-order valence-electron chi connectivity index (χ2n) is 5.64. The van der Waals surface area contributed by atoms with E-state index in [1.807, 2.05) is 0 Å². The second-order valence-corrected chi connectivity index (χ2v) is 7.23. The van der Waals surface area contributed by atoms with E-state index in [1.165, 1.54) is 6.20 Å². The van der Waals surface area contributed by atoms with Crippen molar-refractivity contribution in [3.63, 3.8) is 0 Å². The summed E-state index contributed by atoms with van der Waals surface area (Å²) in [6, 6.07) is 1.39. The molecule has 0 radical (unpaired) electrons. The zero-order chi connectivity index (χ0) is 17.1. The van der Waals surface area contributed by atoms with Gasteiger partial charge in [-0.15, -0.1) is 0 Å². The van der Waals surface area contributed by atoms with E-state index in [4.69, 9.17) is 0 Å². The van der Waals surface area contributed by atoms with Gasteiger partial charge >= 0.3 is 10.2 Å². The first-order chi connectivity index (χ1) is 11.3. The molecule has 1 saturated heterocycles. The molecule has 2 aliphatic rings. The van der Waals surface area contributed by atoms with Gasteiger partial charge < -0.3 is 10.4 Å². The lowest BCUT2D eigenvalue weighted by Crippen LogP contribution is -2.30. The predicted molar refractivity (Wildman–Crippen MR) is 82.2 cm³/mol. The minimum absolute atomic E-state index is 0.0750. The van der Waals surface area contributed by atoms with Crippen molar-refractivity contribution in [2.24, 2.45) is 0 Å². The monoisotopic (exact) mass is 353 g/mol. The fourth-order valence-electron chi connectivity index (χ4n) is 2.48. The second kappa shape index (κ2) is 4.90. The number of aromatic nitrogens is 2. The molecule has 1 saturated carbocycles. The van der Waals surface area contributed by atoms with Crippen LogP contribution in [0.1, 0.15) is 12.8 Å². The van der Waals surface area contributed by atoms with Gasteiger partial charge in [0, 0.05) is 12.1 Å². The third-order valence-electron chi connectivity index (χ3n) is 3.73. The number of hydrogen-bond donors (Lipinski definition) is 3. The average molecular weight is 353 g/mol. The van der Waals surface area contributed by atoms with Crippen molar-refractivity contribution < 1.29 is 22.7 Å². The molecule has 0 spiro atoms. The van der Waals surface area contributed by atoms with E-state index in [9.17, 15) is 22.7 Å². The SMILES string of the molecule is O=C1CN(c2c(O)cc3ncc(NC4CC4)nc3c2F)S(=O)(=O)N1. The number of carbonyl (C=O) groups excluding carboxylic acids is 1. The maximum atomic E-state index is 14.8. The number of nitrogens with zero attached hydrogens (tertiary/aromatic N) is 3. The van der Waals surface area contributed by atoms with Crippen molar-refractivity contribution in [2.45, 2.75) is 18.9 Å². The van der Waals surface area contributed by atoms with Crippen LogP contribution >= 0.6 is 0 Å². The first kappa shape index (κ1) is 14.9. The molecule has 3 N–H and O–H groups in total. The molecule has 126 valence electrons. The number of phenolic OH excluding ortho intramolecular Hbond substituents is 1. The molecular formula is C13H12FN5O4S. The van der Waals surface area contributed by atoms with E-state index in [-0.39, 0.29) is 17.1 Å². The number of aromatic hydroxyl groups is 1. The molecule has 4 rings (SSSR count). The van der Waals surface area contributed by atoms with E-state index in [1.54, 1.807) is 4.72 Å². The van der Waals surface area contributed by atoms with Crippen LogP contribution < -0.4 is 14.3 Å². The minimum atomic E-state index is -4.25. The van der Waals surface area contributed by atoms with Crippen molar-refractivity contribution in [1.82, 2.24) is 14.7 Å². The molecule has 1 amide bonds. The Morgan fingerprint density at radius 2 is 2.17 bits per heavy atom. The summed E-state index contributed by atoms with van der Waals surface area (Å²) in [6.45, 7) is -0.619. The van der Waals surface area contributed by atoms with E-state index in [0.29, 0.717) is 10.1 Å². The van der Waals surface area contributed by atoms with Gasteiger partial charge in [-0.25, -0.2) is 18.4 Å². The van der Waals surface area contributed by atoms with Crippen molar-refractivity contribution >= 4 is 38.7 Å². The Morgan fingerprint density at radius 1 is 1.42 bits per heavy atom. The van der Waals surface area contributed by atoms with Crippen LogP contribution in [-0.4, -0.2) is 42.0 Å². The quantitative estimate of drug-likeness (QED) is 0.721. The Hall–Kier alpha value is -2.69. The van der Waals surface area contributed by atoms with Crippen LogP contribution in [0.15, 0.2) is 12.3 Å². The van der Waals surface area contributed by atoms with E-state index in [0.717, 1.165) is 18.9 Å². The summed E-state index contributed by atoms with van der Waals surface area (Å²) in [5, 5.41) is 13.1. The molecule has 2 aromatic rings. The Balaban J connectivity index is 1.87. The number of hydrogen-bond acceptors (Lipinski definition) is 7. The first-order valence-electron chi connectivity index (χ1n) is 7.13. The van der Waals surface area contributed by atoms with Crippen LogP contribution in [0.5, 0.6) is 5.75 Å². The summed E-state index contributed by atoms with van der Waals surface area (Å²) in [5.74, 6) is -2.16. The Kier molecular flexibility index (Phi) is 3.04. The maximum Gasteiger partial charge on any atom is 0.326 e. The summed E-state index contributed by atoms with van der Waals surface area (Å²) in [7, 11) is -4.25. The largest absolute Gasteiger partial charge is 0.506 e. The van der Waals surface area contributed by atoms with Crippen molar-refractivity contribution in [3.05, 3.63) is 18.1 Å². The fraction of sp³-hybridized carbons (Fsp3) is 0.308.